The van der Waals surface area contributed by atoms with Crippen LogP contribution in [0, 0.1) is 18.8 Å². The summed E-state index contributed by atoms with van der Waals surface area (Å²) in [6.45, 7) is 5.56. The molecule has 2 nitrogen and oxygen atoms in total. The summed E-state index contributed by atoms with van der Waals surface area (Å²) >= 11 is 0. The van der Waals surface area contributed by atoms with E-state index in [1.165, 1.54) is 36.9 Å². The number of hydrogen-bond acceptors (Lipinski definition) is 2. The highest BCUT2D eigenvalue weighted by molar-refractivity contribution is 5.42. The molecule has 16 heavy (non-hydrogen) atoms. The fourth-order valence-electron chi connectivity index (χ4n) is 2.45. The molecule has 1 N–H and O–H groups in total. The first-order valence-electron chi connectivity index (χ1n) is 6.39. The van der Waals surface area contributed by atoms with Crippen molar-refractivity contribution in [2.75, 3.05) is 11.9 Å². The van der Waals surface area contributed by atoms with Gasteiger partial charge in [-0.15, -0.1) is 0 Å². The van der Waals surface area contributed by atoms with Gasteiger partial charge >= 0.3 is 0 Å². The van der Waals surface area contributed by atoms with E-state index in [4.69, 9.17) is 0 Å². The highest BCUT2D eigenvalue weighted by atomic mass is 14.9. The second kappa shape index (κ2) is 5.33. The number of nitrogens with zero attached hydrogens (tertiary/aromatic N) is 1. The van der Waals surface area contributed by atoms with Crippen LogP contribution in [0.15, 0.2) is 18.5 Å². The van der Waals surface area contributed by atoms with Crippen molar-refractivity contribution < 1.29 is 0 Å². The lowest BCUT2D eigenvalue weighted by atomic mass is 9.83. The zero-order valence-electron chi connectivity index (χ0n) is 10.4. The van der Waals surface area contributed by atoms with E-state index < -0.39 is 0 Å². The van der Waals surface area contributed by atoms with Gasteiger partial charge in [-0.3, -0.25) is 4.98 Å². The van der Waals surface area contributed by atoms with E-state index in [2.05, 4.69) is 30.2 Å². The normalized spacial score (nSPS) is 25.4. The third kappa shape index (κ3) is 3.22. The van der Waals surface area contributed by atoms with E-state index in [0.717, 1.165) is 18.4 Å². The zero-order valence-corrected chi connectivity index (χ0v) is 10.4. The maximum atomic E-state index is 4.20. The molecular formula is C14H22N2. The van der Waals surface area contributed by atoms with Gasteiger partial charge in [-0.1, -0.05) is 19.8 Å². The predicted molar refractivity (Wildman–Crippen MR) is 68.6 cm³/mol. The first-order chi connectivity index (χ1) is 7.74. The minimum atomic E-state index is 0.858. The Morgan fingerprint density at radius 1 is 1.25 bits per heavy atom. The Kier molecular flexibility index (Phi) is 3.81. The first kappa shape index (κ1) is 11.4. The molecule has 1 aliphatic carbocycles. The number of rotatable bonds is 3. The number of aryl methyl sites for hydroxylation is 1. The van der Waals surface area contributed by atoms with Crippen molar-refractivity contribution in [1.82, 2.24) is 4.98 Å². The second-order valence-corrected chi connectivity index (χ2v) is 5.26. The first-order valence-corrected chi connectivity index (χ1v) is 6.39. The largest absolute Gasteiger partial charge is 0.384 e. The summed E-state index contributed by atoms with van der Waals surface area (Å²) in [5.74, 6) is 1.80. The van der Waals surface area contributed by atoms with Crippen LogP contribution in [0.2, 0.25) is 0 Å². The van der Waals surface area contributed by atoms with Gasteiger partial charge in [0.15, 0.2) is 0 Å². The van der Waals surface area contributed by atoms with Crippen LogP contribution in [0.3, 0.4) is 0 Å². The average Bonchev–Trinajstić information content (AvgIpc) is 2.28. The van der Waals surface area contributed by atoms with Crippen molar-refractivity contribution in [3.8, 4) is 0 Å². The molecule has 1 aromatic rings. The van der Waals surface area contributed by atoms with E-state index >= 15 is 0 Å². The fraction of sp³-hybridized carbons (Fsp3) is 0.643. The Morgan fingerprint density at radius 2 is 2.00 bits per heavy atom. The summed E-state index contributed by atoms with van der Waals surface area (Å²) in [6, 6.07) is 2.17. The topological polar surface area (TPSA) is 24.9 Å². The molecule has 0 amide bonds. The number of hydrogen-bond donors (Lipinski definition) is 1. The number of nitrogens with one attached hydrogen (secondary N) is 1. The maximum absolute atomic E-state index is 4.20. The summed E-state index contributed by atoms with van der Waals surface area (Å²) in [5, 5.41) is 3.51. The van der Waals surface area contributed by atoms with Crippen LogP contribution in [0.5, 0.6) is 0 Å². The molecule has 0 spiro atoms. The van der Waals surface area contributed by atoms with E-state index in [9.17, 15) is 0 Å². The van der Waals surface area contributed by atoms with Gasteiger partial charge in [-0.25, -0.2) is 0 Å². The highest BCUT2D eigenvalue weighted by Crippen LogP contribution is 2.28. The lowest BCUT2D eigenvalue weighted by molar-refractivity contribution is 0.300. The van der Waals surface area contributed by atoms with Crippen LogP contribution in [-0.4, -0.2) is 11.5 Å². The SMILES string of the molecule is Cc1cncc(NCC2CCC(C)CC2)c1. The van der Waals surface area contributed by atoms with Crippen LogP contribution >= 0.6 is 0 Å². The van der Waals surface area contributed by atoms with Gasteiger partial charge in [-0.05, 0) is 43.2 Å². The molecule has 0 atom stereocenters. The molecule has 1 aromatic heterocycles. The molecule has 1 aliphatic rings. The van der Waals surface area contributed by atoms with Gasteiger partial charge in [0.25, 0.3) is 0 Å². The second-order valence-electron chi connectivity index (χ2n) is 5.26. The van der Waals surface area contributed by atoms with Gasteiger partial charge in [0.05, 0.1) is 5.69 Å². The van der Waals surface area contributed by atoms with Gasteiger partial charge in [0, 0.05) is 18.9 Å². The summed E-state index contributed by atoms with van der Waals surface area (Å²) in [6.07, 6.45) is 9.38. The molecule has 0 radical (unpaired) electrons. The standard InChI is InChI=1S/C14H22N2/c1-11-3-5-13(6-4-11)9-16-14-7-12(2)8-15-10-14/h7-8,10-11,13,16H,3-6,9H2,1-2H3. The maximum Gasteiger partial charge on any atom is 0.0529 e. The number of pyridine rings is 1. The Labute approximate surface area is 98.5 Å². The van der Waals surface area contributed by atoms with E-state index in [-0.39, 0.29) is 0 Å². The fourth-order valence-corrected chi connectivity index (χ4v) is 2.45. The molecule has 1 saturated carbocycles. The van der Waals surface area contributed by atoms with E-state index in [1.807, 2.05) is 12.4 Å². The summed E-state index contributed by atoms with van der Waals surface area (Å²) in [5.41, 5.74) is 2.39. The van der Waals surface area contributed by atoms with Crippen molar-refractivity contribution >= 4 is 5.69 Å². The van der Waals surface area contributed by atoms with Gasteiger partial charge in [0.2, 0.25) is 0 Å². The van der Waals surface area contributed by atoms with E-state index in [0.29, 0.717) is 0 Å². The molecular weight excluding hydrogens is 196 g/mol. The third-order valence-electron chi connectivity index (χ3n) is 3.61. The minimum absolute atomic E-state index is 0.858. The van der Waals surface area contributed by atoms with Crippen LogP contribution in [0.1, 0.15) is 38.2 Å². The van der Waals surface area contributed by atoms with Gasteiger partial charge in [-0.2, -0.15) is 0 Å². The third-order valence-corrected chi connectivity index (χ3v) is 3.61. The molecule has 1 heterocycles. The van der Waals surface area contributed by atoms with Crippen molar-refractivity contribution in [3.63, 3.8) is 0 Å². The number of anilines is 1. The smallest absolute Gasteiger partial charge is 0.0529 e. The van der Waals surface area contributed by atoms with Crippen molar-refractivity contribution in [1.29, 1.82) is 0 Å². The molecule has 0 saturated heterocycles. The molecule has 2 rings (SSSR count). The summed E-state index contributed by atoms with van der Waals surface area (Å²) in [7, 11) is 0. The van der Waals surface area contributed by atoms with Crippen molar-refractivity contribution in [2.24, 2.45) is 11.8 Å². The quantitative estimate of drug-likeness (QED) is 0.838. The molecule has 0 aromatic carbocycles. The summed E-state index contributed by atoms with van der Waals surface area (Å²) < 4.78 is 0. The molecule has 2 heteroatoms. The number of aromatic nitrogens is 1. The molecule has 88 valence electrons. The van der Waals surface area contributed by atoms with E-state index in [1.54, 1.807) is 0 Å². The minimum Gasteiger partial charge on any atom is -0.384 e. The zero-order chi connectivity index (χ0) is 11.4. The summed E-state index contributed by atoms with van der Waals surface area (Å²) in [4.78, 5) is 4.20. The van der Waals surface area contributed by atoms with Gasteiger partial charge in [0.1, 0.15) is 0 Å². The van der Waals surface area contributed by atoms with Crippen LogP contribution in [0.4, 0.5) is 5.69 Å². The van der Waals surface area contributed by atoms with Crippen LogP contribution in [0.25, 0.3) is 0 Å². The van der Waals surface area contributed by atoms with Crippen molar-refractivity contribution in [3.05, 3.63) is 24.0 Å². The Hall–Kier alpha value is -1.05. The lowest BCUT2D eigenvalue weighted by Gasteiger charge is -2.26. The highest BCUT2D eigenvalue weighted by Gasteiger charge is 2.17. The van der Waals surface area contributed by atoms with Crippen molar-refractivity contribution in [2.45, 2.75) is 39.5 Å². The van der Waals surface area contributed by atoms with Crippen LogP contribution in [-0.2, 0) is 0 Å². The Morgan fingerprint density at radius 3 is 2.69 bits per heavy atom. The predicted octanol–water partition coefficient (Wildman–Crippen LogP) is 3.63. The van der Waals surface area contributed by atoms with Crippen LogP contribution < -0.4 is 5.32 Å². The average molecular weight is 218 g/mol. The Bertz CT molecular complexity index is 327. The monoisotopic (exact) mass is 218 g/mol. The molecule has 0 unspecified atom stereocenters. The molecule has 1 fully saturated rings. The lowest BCUT2D eigenvalue weighted by Crippen LogP contribution is -2.20. The van der Waals surface area contributed by atoms with Gasteiger partial charge < -0.3 is 5.32 Å². The Balaban J connectivity index is 1.79. The molecule has 0 bridgehead atoms. The molecule has 0 aliphatic heterocycles.